The number of aliphatic hydroxyl groups excluding tert-OH is 1. The quantitative estimate of drug-likeness (QED) is 0.495. The van der Waals surface area contributed by atoms with Crippen molar-refractivity contribution in [3.63, 3.8) is 0 Å². The fourth-order valence-electron chi connectivity index (χ4n) is 0.875. The van der Waals surface area contributed by atoms with Gasteiger partial charge in [0.2, 0.25) is 0 Å². The number of aromatic hydroxyl groups is 1. The summed E-state index contributed by atoms with van der Waals surface area (Å²) in [6.07, 6.45) is 1.08. The molecule has 70 valence electrons. The summed E-state index contributed by atoms with van der Waals surface area (Å²) in [7, 11) is 0. The average molecular weight is 184 g/mol. The second-order valence-corrected chi connectivity index (χ2v) is 2.35. The second kappa shape index (κ2) is 3.28. The standard InChI is InChI=1S/C7H8N2O4/c8-4-1-9-5(7(12)13)6(11)3(4)2-10/h1,10-11H,2,8H2,(H,12,13). The second-order valence-electron chi connectivity index (χ2n) is 2.35. The first-order valence-corrected chi connectivity index (χ1v) is 3.38. The van der Waals surface area contributed by atoms with Gasteiger partial charge in [-0.25, -0.2) is 9.78 Å². The number of rotatable bonds is 2. The zero-order valence-corrected chi connectivity index (χ0v) is 6.56. The first-order chi connectivity index (χ1) is 6.07. The Kier molecular flexibility index (Phi) is 2.34. The SMILES string of the molecule is Nc1cnc(C(=O)O)c(O)c1CO. The Balaban J connectivity index is 3.35. The molecule has 6 heteroatoms. The number of carboxylic acids is 1. The molecular weight excluding hydrogens is 176 g/mol. The largest absolute Gasteiger partial charge is 0.505 e. The summed E-state index contributed by atoms with van der Waals surface area (Å²) in [6, 6.07) is 0. The Morgan fingerprint density at radius 1 is 1.62 bits per heavy atom. The summed E-state index contributed by atoms with van der Waals surface area (Å²) in [5.41, 5.74) is 4.85. The molecule has 0 saturated heterocycles. The van der Waals surface area contributed by atoms with E-state index in [1.807, 2.05) is 0 Å². The van der Waals surface area contributed by atoms with Gasteiger partial charge < -0.3 is 21.1 Å². The summed E-state index contributed by atoms with van der Waals surface area (Å²) < 4.78 is 0. The lowest BCUT2D eigenvalue weighted by Crippen LogP contribution is -2.05. The molecule has 0 aromatic carbocycles. The van der Waals surface area contributed by atoms with Gasteiger partial charge in [0.1, 0.15) is 0 Å². The van der Waals surface area contributed by atoms with E-state index in [9.17, 15) is 9.90 Å². The molecule has 0 bridgehead atoms. The van der Waals surface area contributed by atoms with Gasteiger partial charge in [-0.3, -0.25) is 0 Å². The van der Waals surface area contributed by atoms with Crippen LogP contribution in [0.5, 0.6) is 5.75 Å². The number of nitrogens with two attached hydrogens (primary N) is 1. The van der Waals surface area contributed by atoms with E-state index in [-0.39, 0.29) is 11.3 Å². The van der Waals surface area contributed by atoms with E-state index < -0.39 is 24.0 Å². The van der Waals surface area contributed by atoms with Crippen molar-refractivity contribution < 1.29 is 20.1 Å². The van der Waals surface area contributed by atoms with Crippen LogP contribution in [0.15, 0.2) is 6.20 Å². The van der Waals surface area contributed by atoms with Gasteiger partial charge in [0.25, 0.3) is 0 Å². The highest BCUT2D eigenvalue weighted by atomic mass is 16.4. The van der Waals surface area contributed by atoms with Crippen LogP contribution in [0.3, 0.4) is 0 Å². The molecule has 0 aliphatic rings. The van der Waals surface area contributed by atoms with E-state index in [1.54, 1.807) is 0 Å². The number of carboxylic acid groups (broad SMARTS) is 1. The smallest absolute Gasteiger partial charge is 0.358 e. The highest BCUT2D eigenvalue weighted by Crippen LogP contribution is 2.25. The third-order valence-corrected chi connectivity index (χ3v) is 1.55. The molecule has 0 aliphatic carbocycles. The Hall–Kier alpha value is -1.82. The van der Waals surface area contributed by atoms with E-state index in [0.29, 0.717) is 0 Å². The van der Waals surface area contributed by atoms with Crippen LogP contribution in [0, 0.1) is 0 Å². The van der Waals surface area contributed by atoms with Gasteiger partial charge in [0.05, 0.1) is 18.5 Å². The summed E-state index contributed by atoms with van der Waals surface area (Å²) in [4.78, 5) is 13.9. The molecule has 0 aliphatic heterocycles. The van der Waals surface area contributed by atoms with Crippen molar-refractivity contribution in [2.45, 2.75) is 6.61 Å². The Labute approximate surface area is 73.3 Å². The number of aliphatic hydroxyl groups is 1. The zero-order valence-electron chi connectivity index (χ0n) is 6.56. The molecule has 1 aromatic heterocycles. The van der Waals surface area contributed by atoms with Crippen molar-refractivity contribution >= 4 is 11.7 Å². The maximum Gasteiger partial charge on any atom is 0.358 e. The predicted octanol–water partition coefficient (Wildman–Crippen LogP) is -0.440. The monoisotopic (exact) mass is 184 g/mol. The molecule has 0 amide bonds. The highest BCUT2D eigenvalue weighted by Gasteiger charge is 2.16. The van der Waals surface area contributed by atoms with Crippen LogP contribution >= 0.6 is 0 Å². The number of carbonyl (C=O) groups is 1. The van der Waals surface area contributed by atoms with Crippen LogP contribution in [0.1, 0.15) is 16.1 Å². The summed E-state index contributed by atoms with van der Waals surface area (Å²) >= 11 is 0. The maximum atomic E-state index is 10.5. The van der Waals surface area contributed by atoms with Crippen LogP contribution in [-0.4, -0.2) is 26.3 Å². The first kappa shape index (κ1) is 9.27. The van der Waals surface area contributed by atoms with Crippen molar-refractivity contribution in [1.82, 2.24) is 4.98 Å². The van der Waals surface area contributed by atoms with Crippen LogP contribution < -0.4 is 5.73 Å². The van der Waals surface area contributed by atoms with Gasteiger partial charge >= 0.3 is 5.97 Å². The molecule has 1 rings (SSSR count). The molecule has 0 fully saturated rings. The van der Waals surface area contributed by atoms with Crippen LogP contribution in [0.25, 0.3) is 0 Å². The van der Waals surface area contributed by atoms with Crippen molar-refractivity contribution in [3.8, 4) is 5.75 Å². The normalized spacial score (nSPS) is 9.92. The minimum Gasteiger partial charge on any atom is -0.505 e. The number of hydrogen-bond acceptors (Lipinski definition) is 5. The molecule has 1 heterocycles. The van der Waals surface area contributed by atoms with Gasteiger partial charge in [-0.05, 0) is 0 Å². The minimum absolute atomic E-state index is 0.0209. The number of nitrogens with zero attached hydrogens (tertiary/aromatic N) is 1. The topological polar surface area (TPSA) is 117 Å². The Bertz CT molecular complexity index is 351. The van der Waals surface area contributed by atoms with E-state index in [1.165, 1.54) is 0 Å². The molecule has 0 spiro atoms. The summed E-state index contributed by atoms with van der Waals surface area (Å²) in [5.74, 6) is -1.96. The van der Waals surface area contributed by atoms with Crippen molar-refractivity contribution in [1.29, 1.82) is 0 Å². The van der Waals surface area contributed by atoms with E-state index in [0.717, 1.165) is 6.20 Å². The third-order valence-electron chi connectivity index (χ3n) is 1.55. The third kappa shape index (κ3) is 1.52. The van der Waals surface area contributed by atoms with E-state index >= 15 is 0 Å². The lowest BCUT2D eigenvalue weighted by molar-refractivity contribution is 0.0686. The molecule has 0 radical (unpaired) electrons. The van der Waals surface area contributed by atoms with Crippen LogP contribution in [-0.2, 0) is 6.61 Å². The number of hydrogen-bond donors (Lipinski definition) is 4. The Morgan fingerprint density at radius 2 is 2.23 bits per heavy atom. The van der Waals surface area contributed by atoms with Crippen LogP contribution in [0.2, 0.25) is 0 Å². The predicted molar refractivity (Wildman–Crippen MR) is 43.2 cm³/mol. The maximum absolute atomic E-state index is 10.5. The molecule has 0 saturated carbocycles. The van der Waals surface area contributed by atoms with Gasteiger partial charge in [-0.2, -0.15) is 0 Å². The molecule has 0 atom stereocenters. The number of aromatic nitrogens is 1. The highest BCUT2D eigenvalue weighted by molar-refractivity contribution is 5.89. The number of anilines is 1. The Morgan fingerprint density at radius 3 is 2.69 bits per heavy atom. The average Bonchev–Trinajstić information content (AvgIpc) is 2.04. The van der Waals surface area contributed by atoms with Crippen molar-refractivity contribution in [2.24, 2.45) is 0 Å². The first-order valence-electron chi connectivity index (χ1n) is 3.38. The summed E-state index contributed by atoms with van der Waals surface area (Å²) in [5, 5.41) is 26.5. The molecular formula is C7H8N2O4. The van der Waals surface area contributed by atoms with E-state index in [4.69, 9.17) is 15.9 Å². The molecule has 1 aromatic rings. The van der Waals surface area contributed by atoms with Crippen molar-refractivity contribution in [3.05, 3.63) is 17.5 Å². The minimum atomic E-state index is -1.37. The molecule has 6 nitrogen and oxygen atoms in total. The van der Waals surface area contributed by atoms with Gasteiger partial charge in [0, 0.05) is 5.56 Å². The molecule has 5 N–H and O–H groups in total. The molecule has 0 unspecified atom stereocenters. The lowest BCUT2D eigenvalue weighted by atomic mass is 10.2. The lowest BCUT2D eigenvalue weighted by Gasteiger charge is -2.06. The van der Waals surface area contributed by atoms with Gasteiger partial charge in [0.15, 0.2) is 11.4 Å². The number of pyridine rings is 1. The fourth-order valence-corrected chi connectivity index (χ4v) is 0.875. The van der Waals surface area contributed by atoms with Crippen LogP contribution in [0.4, 0.5) is 5.69 Å². The number of nitrogen functional groups attached to an aromatic ring is 1. The van der Waals surface area contributed by atoms with Crippen molar-refractivity contribution in [2.75, 3.05) is 5.73 Å². The fraction of sp³-hybridized carbons (Fsp3) is 0.143. The summed E-state index contributed by atoms with van der Waals surface area (Å²) in [6.45, 7) is -0.527. The molecule has 13 heavy (non-hydrogen) atoms. The van der Waals surface area contributed by atoms with Gasteiger partial charge in [-0.15, -0.1) is 0 Å². The number of aromatic carboxylic acids is 1. The van der Waals surface area contributed by atoms with Gasteiger partial charge in [-0.1, -0.05) is 0 Å². The van der Waals surface area contributed by atoms with E-state index in [2.05, 4.69) is 4.98 Å². The zero-order chi connectivity index (χ0) is 10.0.